The third-order valence-corrected chi connectivity index (χ3v) is 2.46. The molecule has 0 aromatic carbocycles. The number of aromatic amines is 1. The molecule has 0 fully saturated rings. The first-order valence-electron chi connectivity index (χ1n) is 5.53. The van der Waals surface area contributed by atoms with Crippen molar-refractivity contribution in [3.63, 3.8) is 0 Å². The van der Waals surface area contributed by atoms with Crippen LogP contribution in [0.3, 0.4) is 0 Å². The molecule has 1 rings (SSSR count). The maximum atomic E-state index is 12.2. The molecule has 0 spiro atoms. The molecule has 18 heavy (non-hydrogen) atoms. The van der Waals surface area contributed by atoms with Gasteiger partial charge in [0.15, 0.2) is 0 Å². The Morgan fingerprint density at radius 3 is 2.61 bits per heavy atom. The van der Waals surface area contributed by atoms with Crippen molar-refractivity contribution in [3.8, 4) is 0 Å². The van der Waals surface area contributed by atoms with Gasteiger partial charge in [0.05, 0.1) is 7.11 Å². The Bertz CT molecular complexity index is 493. The lowest BCUT2D eigenvalue weighted by Crippen LogP contribution is -2.42. The van der Waals surface area contributed by atoms with Crippen molar-refractivity contribution >= 4 is 11.9 Å². The molecule has 0 aliphatic rings. The van der Waals surface area contributed by atoms with E-state index in [1.165, 1.54) is 24.3 Å². The van der Waals surface area contributed by atoms with Crippen LogP contribution in [0.2, 0.25) is 0 Å². The quantitative estimate of drug-likeness (QED) is 0.786. The van der Waals surface area contributed by atoms with Crippen LogP contribution in [0.4, 0.5) is 0 Å². The SMILES string of the molecule is COC(=O)CN(C(=O)c1ccc[nH]c1=O)C(C)C. The molecule has 0 aliphatic carbocycles. The van der Waals surface area contributed by atoms with Crippen molar-refractivity contribution in [2.75, 3.05) is 13.7 Å². The van der Waals surface area contributed by atoms with Gasteiger partial charge in [-0.25, -0.2) is 0 Å². The van der Waals surface area contributed by atoms with Gasteiger partial charge in [0.25, 0.3) is 11.5 Å². The van der Waals surface area contributed by atoms with Crippen LogP contribution in [0.1, 0.15) is 24.2 Å². The number of methoxy groups -OCH3 is 1. The Labute approximate surface area is 105 Å². The van der Waals surface area contributed by atoms with Crippen LogP contribution in [0.25, 0.3) is 0 Å². The molecular formula is C12H16N2O4. The predicted molar refractivity (Wildman–Crippen MR) is 65.3 cm³/mol. The molecule has 1 aromatic rings. The predicted octanol–water partition coefficient (Wildman–Crippen LogP) is 0.398. The number of carbonyl (C=O) groups excluding carboxylic acids is 2. The first-order valence-corrected chi connectivity index (χ1v) is 5.53. The molecular weight excluding hydrogens is 236 g/mol. The van der Waals surface area contributed by atoms with Gasteiger partial charge >= 0.3 is 5.97 Å². The van der Waals surface area contributed by atoms with Gasteiger partial charge < -0.3 is 14.6 Å². The van der Waals surface area contributed by atoms with E-state index in [-0.39, 0.29) is 18.2 Å². The number of nitrogens with zero attached hydrogens (tertiary/aromatic N) is 1. The summed E-state index contributed by atoms with van der Waals surface area (Å²) in [6.07, 6.45) is 1.44. The van der Waals surface area contributed by atoms with Crippen molar-refractivity contribution < 1.29 is 14.3 Å². The van der Waals surface area contributed by atoms with E-state index in [0.29, 0.717) is 0 Å². The Hall–Kier alpha value is -2.11. The van der Waals surface area contributed by atoms with E-state index in [2.05, 4.69) is 9.72 Å². The number of rotatable bonds is 4. The van der Waals surface area contributed by atoms with Crippen molar-refractivity contribution in [1.29, 1.82) is 0 Å². The van der Waals surface area contributed by atoms with Gasteiger partial charge in [-0.15, -0.1) is 0 Å². The van der Waals surface area contributed by atoms with Crippen LogP contribution in [-0.4, -0.2) is 41.5 Å². The fourth-order valence-electron chi connectivity index (χ4n) is 1.44. The first kappa shape index (κ1) is 14.0. The van der Waals surface area contributed by atoms with Gasteiger partial charge in [0.2, 0.25) is 0 Å². The van der Waals surface area contributed by atoms with Crippen molar-refractivity contribution in [2.24, 2.45) is 0 Å². The second-order valence-electron chi connectivity index (χ2n) is 4.02. The highest BCUT2D eigenvalue weighted by Gasteiger charge is 2.23. The largest absolute Gasteiger partial charge is 0.468 e. The van der Waals surface area contributed by atoms with Gasteiger partial charge in [-0.05, 0) is 26.0 Å². The van der Waals surface area contributed by atoms with E-state index < -0.39 is 17.4 Å². The molecule has 98 valence electrons. The second kappa shape index (κ2) is 6.00. The highest BCUT2D eigenvalue weighted by atomic mass is 16.5. The zero-order valence-electron chi connectivity index (χ0n) is 10.6. The summed E-state index contributed by atoms with van der Waals surface area (Å²) in [6.45, 7) is 3.34. The van der Waals surface area contributed by atoms with Gasteiger partial charge in [-0.2, -0.15) is 0 Å². The summed E-state index contributed by atoms with van der Waals surface area (Å²) in [5, 5.41) is 0. The number of pyridine rings is 1. The molecule has 1 heterocycles. The molecule has 6 nitrogen and oxygen atoms in total. The summed E-state index contributed by atoms with van der Waals surface area (Å²) in [5.74, 6) is -1.01. The lowest BCUT2D eigenvalue weighted by Gasteiger charge is -2.25. The maximum absolute atomic E-state index is 12.2. The molecule has 0 unspecified atom stereocenters. The Morgan fingerprint density at radius 1 is 1.44 bits per heavy atom. The van der Waals surface area contributed by atoms with Crippen LogP contribution in [0, 0.1) is 0 Å². The molecule has 0 atom stereocenters. The number of carbonyl (C=O) groups is 2. The standard InChI is InChI=1S/C12H16N2O4/c1-8(2)14(7-10(15)18-3)12(17)9-5-4-6-13-11(9)16/h4-6,8H,7H2,1-3H3,(H,13,16). The van der Waals surface area contributed by atoms with Crippen LogP contribution < -0.4 is 5.56 Å². The van der Waals surface area contributed by atoms with E-state index in [0.717, 1.165) is 0 Å². The van der Waals surface area contributed by atoms with Crippen molar-refractivity contribution in [3.05, 3.63) is 34.2 Å². The average Bonchev–Trinajstić information content (AvgIpc) is 2.35. The Morgan fingerprint density at radius 2 is 2.11 bits per heavy atom. The number of esters is 1. The number of amides is 1. The molecule has 0 saturated carbocycles. The summed E-state index contributed by atoms with van der Waals surface area (Å²) in [4.78, 5) is 38.6. The van der Waals surface area contributed by atoms with Gasteiger partial charge in [0.1, 0.15) is 12.1 Å². The maximum Gasteiger partial charge on any atom is 0.325 e. The number of nitrogens with one attached hydrogen (secondary N) is 1. The van der Waals surface area contributed by atoms with E-state index in [1.54, 1.807) is 19.9 Å². The molecule has 0 aliphatic heterocycles. The molecule has 0 bridgehead atoms. The number of aromatic nitrogens is 1. The number of hydrogen-bond donors (Lipinski definition) is 1. The molecule has 1 aromatic heterocycles. The van der Waals surface area contributed by atoms with Crippen LogP contribution in [0.5, 0.6) is 0 Å². The highest BCUT2D eigenvalue weighted by Crippen LogP contribution is 2.05. The number of hydrogen-bond acceptors (Lipinski definition) is 4. The molecule has 1 N–H and O–H groups in total. The molecule has 0 radical (unpaired) electrons. The monoisotopic (exact) mass is 252 g/mol. The lowest BCUT2D eigenvalue weighted by molar-refractivity contribution is -0.141. The Balaban J connectivity index is 3.01. The fourth-order valence-corrected chi connectivity index (χ4v) is 1.44. The summed E-state index contributed by atoms with van der Waals surface area (Å²) in [7, 11) is 1.25. The topological polar surface area (TPSA) is 79.5 Å². The number of H-pyrrole nitrogens is 1. The summed E-state index contributed by atoms with van der Waals surface area (Å²) in [6, 6.07) is 2.77. The third kappa shape index (κ3) is 3.19. The average molecular weight is 252 g/mol. The van der Waals surface area contributed by atoms with E-state index in [9.17, 15) is 14.4 Å². The van der Waals surface area contributed by atoms with Gasteiger partial charge in [0, 0.05) is 12.2 Å². The zero-order valence-corrected chi connectivity index (χ0v) is 10.6. The molecule has 6 heteroatoms. The summed E-state index contributed by atoms with van der Waals surface area (Å²) in [5.41, 5.74) is -0.465. The normalized spacial score (nSPS) is 10.2. The van der Waals surface area contributed by atoms with E-state index in [4.69, 9.17) is 0 Å². The van der Waals surface area contributed by atoms with Crippen LogP contribution in [0.15, 0.2) is 23.1 Å². The summed E-state index contributed by atoms with van der Waals surface area (Å²) >= 11 is 0. The van der Waals surface area contributed by atoms with Crippen LogP contribution in [-0.2, 0) is 9.53 Å². The van der Waals surface area contributed by atoms with E-state index in [1.807, 2.05) is 0 Å². The number of ether oxygens (including phenoxy) is 1. The minimum absolute atomic E-state index is 0.00935. The van der Waals surface area contributed by atoms with E-state index >= 15 is 0 Å². The molecule has 0 saturated heterocycles. The van der Waals surface area contributed by atoms with Crippen molar-refractivity contribution in [2.45, 2.75) is 19.9 Å². The second-order valence-corrected chi connectivity index (χ2v) is 4.02. The zero-order chi connectivity index (χ0) is 13.7. The van der Waals surface area contributed by atoms with Gasteiger partial charge in [-0.1, -0.05) is 0 Å². The first-order chi connectivity index (χ1) is 8.47. The van der Waals surface area contributed by atoms with Crippen LogP contribution >= 0.6 is 0 Å². The molecule has 1 amide bonds. The minimum atomic E-state index is -0.524. The minimum Gasteiger partial charge on any atom is -0.468 e. The summed E-state index contributed by atoms with van der Waals surface area (Å²) < 4.78 is 4.53. The third-order valence-electron chi connectivity index (χ3n) is 2.46. The van der Waals surface area contributed by atoms with Crippen molar-refractivity contribution in [1.82, 2.24) is 9.88 Å². The Kier molecular flexibility index (Phi) is 4.65. The fraction of sp³-hybridized carbons (Fsp3) is 0.417. The van der Waals surface area contributed by atoms with Gasteiger partial charge in [-0.3, -0.25) is 14.4 Å². The lowest BCUT2D eigenvalue weighted by atomic mass is 10.2. The highest BCUT2D eigenvalue weighted by molar-refractivity contribution is 5.95. The smallest absolute Gasteiger partial charge is 0.325 e.